The van der Waals surface area contributed by atoms with Gasteiger partial charge in [0.25, 0.3) is 0 Å². The lowest BCUT2D eigenvalue weighted by atomic mass is 9.43. The molecule has 3 aliphatic carbocycles. The highest BCUT2D eigenvalue weighted by molar-refractivity contribution is 6.12. The summed E-state index contributed by atoms with van der Waals surface area (Å²) in [6, 6.07) is 29.4. The molecule has 0 saturated carbocycles. The van der Waals surface area contributed by atoms with E-state index < -0.39 is 0 Å². The molecule has 8 rings (SSSR count). The van der Waals surface area contributed by atoms with Gasteiger partial charge in [0.05, 0.1) is 11.6 Å². The molecule has 0 bridgehead atoms. The van der Waals surface area contributed by atoms with E-state index in [9.17, 15) is 5.26 Å². The van der Waals surface area contributed by atoms with E-state index in [1.807, 2.05) is 0 Å². The first-order valence-corrected chi connectivity index (χ1v) is 12.2. The number of nitrogens with zero attached hydrogens (tertiary/aromatic N) is 1. The normalized spacial score (nSPS) is 23.2. The lowest BCUT2D eigenvalue weighted by Gasteiger charge is -2.58. The van der Waals surface area contributed by atoms with Crippen LogP contribution < -0.4 is 0 Å². The van der Waals surface area contributed by atoms with Gasteiger partial charge in [0, 0.05) is 39.1 Å². The molecule has 3 atom stereocenters. The number of aromatic nitrogens is 1. The third kappa shape index (κ3) is 1.81. The van der Waals surface area contributed by atoms with Gasteiger partial charge in [-0.2, -0.15) is 5.26 Å². The average Bonchev–Trinajstić information content (AvgIpc) is 3.28. The maximum atomic E-state index is 10.3. The highest BCUT2D eigenvalue weighted by Gasteiger charge is 2.70. The lowest BCUT2D eigenvalue weighted by Crippen LogP contribution is -2.52. The van der Waals surface area contributed by atoms with Gasteiger partial charge in [-0.3, -0.25) is 0 Å². The Labute approximate surface area is 198 Å². The van der Waals surface area contributed by atoms with Gasteiger partial charge in [-0.1, -0.05) is 75.4 Å². The van der Waals surface area contributed by atoms with Gasteiger partial charge in [0.2, 0.25) is 0 Å². The van der Waals surface area contributed by atoms with Crippen LogP contribution >= 0.6 is 0 Å². The van der Waals surface area contributed by atoms with E-state index >= 15 is 0 Å². The van der Waals surface area contributed by atoms with Crippen molar-refractivity contribution in [1.82, 2.24) is 4.98 Å². The summed E-state index contributed by atoms with van der Waals surface area (Å²) in [6.07, 6.45) is 0. The Morgan fingerprint density at radius 2 is 1.44 bits per heavy atom. The first-order valence-electron chi connectivity index (χ1n) is 12.2. The predicted molar refractivity (Wildman–Crippen MR) is 137 cm³/mol. The summed E-state index contributed by atoms with van der Waals surface area (Å²) in [5.74, 6) is 0.556. The van der Waals surface area contributed by atoms with Gasteiger partial charge in [-0.25, -0.2) is 0 Å². The first-order chi connectivity index (χ1) is 16.5. The van der Waals surface area contributed by atoms with Crippen LogP contribution in [0.15, 0.2) is 72.8 Å². The molecule has 0 saturated heterocycles. The Morgan fingerprint density at radius 1 is 0.794 bits per heavy atom. The monoisotopic (exact) mass is 436 g/mol. The summed E-state index contributed by atoms with van der Waals surface area (Å²) in [6.45, 7) is 6.82. The molecule has 1 heterocycles. The Morgan fingerprint density at radius 3 is 2.09 bits per heavy atom. The fraction of sp³-hybridized carbons (Fsp3) is 0.219. The number of rotatable bonds is 0. The second-order valence-corrected chi connectivity index (χ2v) is 11.3. The molecule has 0 amide bonds. The van der Waals surface area contributed by atoms with Crippen LogP contribution in [0.1, 0.15) is 77.1 Å². The number of H-pyrrole nitrogens is 1. The first kappa shape index (κ1) is 18.6. The smallest absolute Gasteiger partial charge is 0.0995 e. The number of fused-ring (bicyclic) bond motifs is 11. The van der Waals surface area contributed by atoms with Crippen LogP contribution in [0.5, 0.6) is 0 Å². The van der Waals surface area contributed by atoms with Crippen LogP contribution in [0, 0.1) is 11.3 Å². The molecule has 3 unspecified atom stereocenters. The Balaban J connectivity index is 1.56. The number of aromatic amines is 1. The molecule has 0 radical (unpaired) electrons. The standard InChI is InChI=1S/C32H24N2/c1-31(2,3)18-12-13-24-21(15-18)27-25(34-24)14-17(16-33)26-28(27)30-20-9-5-7-11-23(20)32(30)22-10-6-4-8-19(22)29(26)32/h4-15,29-30,34H,1-3H3. The summed E-state index contributed by atoms with van der Waals surface area (Å²) in [5, 5.41) is 12.9. The van der Waals surface area contributed by atoms with Crippen molar-refractivity contribution in [2.45, 2.75) is 43.4 Å². The molecule has 0 aliphatic heterocycles. The SMILES string of the molecule is CC(C)(C)c1ccc2[nH]c3cc(C#N)c4c(c3c2c1)C1c2ccccc2C12c1ccccc1C42. The number of benzene rings is 4. The van der Waals surface area contributed by atoms with Crippen LogP contribution in [0.4, 0.5) is 0 Å². The third-order valence-corrected chi connectivity index (χ3v) is 8.88. The number of nitriles is 1. The van der Waals surface area contributed by atoms with Crippen LogP contribution in [0.2, 0.25) is 0 Å². The molecule has 1 aromatic heterocycles. The average molecular weight is 437 g/mol. The van der Waals surface area contributed by atoms with Crippen molar-refractivity contribution in [3.8, 4) is 6.07 Å². The molecule has 0 fully saturated rings. The minimum Gasteiger partial charge on any atom is -0.354 e. The molecule has 162 valence electrons. The maximum absolute atomic E-state index is 10.3. The topological polar surface area (TPSA) is 39.6 Å². The van der Waals surface area contributed by atoms with E-state index in [-0.39, 0.29) is 16.7 Å². The van der Waals surface area contributed by atoms with Crippen molar-refractivity contribution in [2.24, 2.45) is 0 Å². The van der Waals surface area contributed by atoms with Gasteiger partial charge in [-0.05, 0) is 62.6 Å². The van der Waals surface area contributed by atoms with Gasteiger partial charge in [0.1, 0.15) is 0 Å². The number of nitrogens with one attached hydrogen (secondary N) is 1. The van der Waals surface area contributed by atoms with Gasteiger partial charge < -0.3 is 4.98 Å². The zero-order valence-corrected chi connectivity index (χ0v) is 19.5. The lowest BCUT2D eigenvalue weighted by molar-refractivity contribution is 0.333. The van der Waals surface area contributed by atoms with E-state index in [1.165, 1.54) is 49.7 Å². The van der Waals surface area contributed by atoms with E-state index in [2.05, 4.69) is 105 Å². The quantitative estimate of drug-likeness (QED) is 0.270. The maximum Gasteiger partial charge on any atom is 0.0995 e. The molecular formula is C32H24N2. The zero-order valence-electron chi connectivity index (χ0n) is 19.5. The largest absolute Gasteiger partial charge is 0.354 e. The molecule has 3 aliphatic rings. The Kier molecular flexibility index (Phi) is 3.07. The molecule has 5 aromatic rings. The second-order valence-electron chi connectivity index (χ2n) is 11.3. The highest BCUT2D eigenvalue weighted by atomic mass is 14.7. The highest BCUT2D eigenvalue weighted by Crippen LogP contribution is 2.78. The minimum absolute atomic E-state index is 0.0271. The van der Waals surface area contributed by atoms with Crippen LogP contribution in [0.3, 0.4) is 0 Å². The van der Waals surface area contributed by atoms with Crippen molar-refractivity contribution in [2.75, 3.05) is 0 Å². The van der Waals surface area contributed by atoms with Crippen molar-refractivity contribution in [1.29, 1.82) is 5.26 Å². The van der Waals surface area contributed by atoms with Gasteiger partial charge in [0.15, 0.2) is 0 Å². The Hall–Kier alpha value is -3.83. The summed E-state index contributed by atoms with van der Waals surface area (Å²) in [7, 11) is 0. The van der Waals surface area contributed by atoms with E-state index in [0.717, 1.165) is 16.6 Å². The summed E-state index contributed by atoms with van der Waals surface area (Å²) in [5.41, 5.74) is 12.8. The van der Waals surface area contributed by atoms with Crippen LogP contribution in [0.25, 0.3) is 21.8 Å². The second kappa shape index (κ2) is 5.62. The van der Waals surface area contributed by atoms with Gasteiger partial charge >= 0.3 is 0 Å². The third-order valence-electron chi connectivity index (χ3n) is 8.88. The summed E-state index contributed by atoms with van der Waals surface area (Å²) >= 11 is 0. The molecule has 2 nitrogen and oxygen atoms in total. The van der Waals surface area contributed by atoms with E-state index in [4.69, 9.17) is 0 Å². The van der Waals surface area contributed by atoms with Crippen LogP contribution in [-0.2, 0) is 10.8 Å². The van der Waals surface area contributed by atoms with Crippen molar-refractivity contribution >= 4 is 21.8 Å². The molecule has 4 aromatic carbocycles. The molecule has 34 heavy (non-hydrogen) atoms. The van der Waals surface area contributed by atoms with Crippen molar-refractivity contribution < 1.29 is 0 Å². The fourth-order valence-corrected chi connectivity index (χ4v) is 7.57. The molecular weight excluding hydrogens is 412 g/mol. The van der Waals surface area contributed by atoms with Crippen molar-refractivity contribution in [3.63, 3.8) is 0 Å². The predicted octanol–water partition coefficient (Wildman–Crippen LogP) is 7.38. The zero-order chi connectivity index (χ0) is 23.0. The minimum atomic E-state index is -0.0271. The van der Waals surface area contributed by atoms with Crippen molar-refractivity contribution in [3.05, 3.63) is 117 Å². The fourth-order valence-electron chi connectivity index (χ4n) is 7.57. The number of hydrogen-bond acceptors (Lipinski definition) is 1. The Bertz CT molecular complexity index is 1770. The van der Waals surface area contributed by atoms with E-state index in [0.29, 0.717) is 5.92 Å². The molecule has 1 spiro atoms. The van der Waals surface area contributed by atoms with E-state index in [1.54, 1.807) is 0 Å². The summed E-state index contributed by atoms with van der Waals surface area (Å²) in [4.78, 5) is 3.66. The number of hydrogen-bond donors (Lipinski definition) is 1. The van der Waals surface area contributed by atoms with Crippen LogP contribution in [-0.4, -0.2) is 4.98 Å². The molecule has 1 N–H and O–H groups in total. The van der Waals surface area contributed by atoms with Gasteiger partial charge in [-0.15, -0.1) is 0 Å². The summed E-state index contributed by atoms with van der Waals surface area (Å²) < 4.78 is 0. The molecule has 2 heteroatoms.